The lowest BCUT2D eigenvalue weighted by Gasteiger charge is -2.35. The number of carbonyl (C=O) groups excluding carboxylic acids is 3. The number of alkyl carbamates (subject to hydrolysis) is 1. The summed E-state index contributed by atoms with van der Waals surface area (Å²) in [6.07, 6.45) is 7.47. The average Bonchev–Trinajstić information content (AvgIpc) is 3.53. The van der Waals surface area contributed by atoms with E-state index < -0.39 is 41.6 Å². The second-order valence-corrected chi connectivity index (χ2v) is 13.8. The summed E-state index contributed by atoms with van der Waals surface area (Å²) in [5.74, 6) is 1.62. The molecule has 1 aliphatic heterocycles. The monoisotopic (exact) mass is 633 g/mol. The molecule has 0 unspecified atom stereocenters. The predicted octanol–water partition coefficient (Wildman–Crippen LogP) is 5.93. The molecule has 0 radical (unpaired) electrons. The molecule has 0 bridgehead atoms. The molecule has 2 amide bonds. The average molecular weight is 634 g/mol. The molecule has 3 aliphatic rings. The van der Waals surface area contributed by atoms with Crippen LogP contribution < -0.4 is 14.8 Å². The van der Waals surface area contributed by atoms with Crippen molar-refractivity contribution in [1.82, 2.24) is 15.2 Å². The molecule has 3 fully saturated rings. The lowest BCUT2D eigenvalue weighted by molar-refractivity contribution is -0.152. The van der Waals surface area contributed by atoms with E-state index in [2.05, 4.69) is 18.5 Å². The van der Waals surface area contributed by atoms with Gasteiger partial charge in [0.15, 0.2) is 0 Å². The van der Waals surface area contributed by atoms with Crippen molar-refractivity contribution in [1.29, 1.82) is 0 Å². The fraction of sp³-hybridized carbons (Fsp3) is 0.556. The van der Waals surface area contributed by atoms with Crippen molar-refractivity contribution < 1.29 is 33.3 Å². The molecular weight excluding hydrogens is 586 g/mol. The number of allylic oxidation sites excluding steroid dienone is 1. The second kappa shape index (κ2) is 13.7. The molecular formula is C36H47N3O7. The quantitative estimate of drug-likeness (QED) is 0.174. The maximum absolute atomic E-state index is 14.2. The van der Waals surface area contributed by atoms with Crippen molar-refractivity contribution in [3.05, 3.63) is 49.1 Å². The number of esters is 1. The van der Waals surface area contributed by atoms with Gasteiger partial charge in [-0.2, -0.15) is 0 Å². The van der Waals surface area contributed by atoms with E-state index in [-0.39, 0.29) is 19.1 Å². The molecule has 5 rings (SSSR count). The van der Waals surface area contributed by atoms with Crippen LogP contribution in [0.15, 0.2) is 43.5 Å². The van der Waals surface area contributed by atoms with Gasteiger partial charge in [0.2, 0.25) is 11.8 Å². The molecule has 46 heavy (non-hydrogen) atoms. The van der Waals surface area contributed by atoms with Gasteiger partial charge in [-0.3, -0.25) is 4.79 Å². The van der Waals surface area contributed by atoms with Gasteiger partial charge in [-0.25, -0.2) is 14.6 Å². The van der Waals surface area contributed by atoms with Gasteiger partial charge >= 0.3 is 12.1 Å². The van der Waals surface area contributed by atoms with Gasteiger partial charge in [-0.15, -0.1) is 6.58 Å². The third-order valence-corrected chi connectivity index (χ3v) is 9.65. The zero-order valence-electron chi connectivity index (χ0n) is 27.6. The number of benzene rings is 1. The number of pyridine rings is 1. The van der Waals surface area contributed by atoms with Crippen molar-refractivity contribution >= 4 is 34.9 Å². The summed E-state index contributed by atoms with van der Waals surface area (Å²) in [7, 11) is 2.88. The Labute approximate surface area is 271 Å². The fourth-order valence-corrected chi connectivity index (χ4v) is 7.11. The molecule has 10 nitrogen and oxygen atoms in total. The van der Waals surface area contributed by atoms with E-state index in [1.165, 1.54) is 18.4 Å². The highest BCUT2D eigenvalue weighted by Crippen LogP contribution is 2.57. The lowest BCUT2D eigenvalue weighted by Crippen LogP contribution is -2.57. The van der Waals surface area contributed by atoms with Crippen molar-refractivity contribution in [2.75, 3.05) is 20.8 Å². The van der Waals surface area contributed by atoms with Gasteiger partial charge in [0, 0.05) is 23.4 Å². The van der Waals surface area contributed by atoms with Gasteiger partial charge in [0.05, 0.1) is 26.3 Å². The molecule has 248 valence electrons. The first kappa shape index (κ1) is 33.3. The van der Waals surface area contributed by atoms with E-state index in [0.29, 0.717) is 40.5 Å². The Morgan fingerprint density at radius 2 is 1.91 bits per heavy atom. The molecule has 1 saturated heterocycles. The SMILES string of the molecule is C=CCCC[C@@H]1[C@H]2C[C@H]2C[C@H]1OC(=O)N[C@H](C(=O)N1C[C@H](Oc2nc3cc(OC)ccc3cc2C=C)C[C@H]1C(=O)OC)C(C)(C)C. The van der Waals surface area contributed by atoms with Crippen LogP contribution in [0.3, 0.4) is 0 Å². The fourth-order valence-electron chi connectivity index (χ4n) is 7.11. The third kappa shape index (κ3) is 7.16. The minimum Gasteiger partial charge on any atom is -0.497 e. The van der Waals surface area contributed by atoms with Crippen molar-refractivity contribution in [2.45, 2.75) is 83.6 Å². The molecule has 2 aliphatic carbocycles. The second-order valence-electron chi connectivity index (χ2n) is 13.8. The van der Waals surface area contributed by atoms with Crippen molar-refractivity contribution in [3.63, 3.8) is 0 Å². The van der Waals surface area contributed by atoms with Crippen LogP contribution in [0.2, 0.25) is 0 Å². The van der Waals surface area contributed by atoms with Crippen LogP contribution in [-0.4, -0.2) is 72.9 Å². The summed E-state index contributed by atoms with van der Waals surface area (Å²) in [5.41, 5.74) is 0.682. The Balaban J connectivity index is 1.31. The zero-order chi connectivity index (χ0) is 33.2. The Hall–Kier alpha value is -4.08. The topological polar surface area (TPSA) is 116 Å². The molecule has 1 aromatic heterocycles. The number of hydrogen-bond donors (Lipinski definition) is 1. The number of fused-ring (bicyclic) bond motifs is 2. The highest BCUT2D eigenvalue weighted by atomic mass is 16.6. The van der Waals surface area contributed by atoms with Crippen LogP contribution in [0, 0.1) is 23.2 Å². The Morgan fingerprint density at radius 1 is 1.13 bits per heavy atom. The maximum atomic E-state index is 14.2. The van der Waals surface area contributed by atoms with Gasteiger partial charge in [-0.05, 0) is 73.5 Å². The molecule has 0 spiro atoms. The van der Waals surface area contributed by atoms with Crippen molar-refractivity contribution in [3.8, 4) is 11.6 Å². The molecule has 2 heterocycles. The molecule has 1 N–H and O–H groups in total. The molecule has 10 heteroatoms. The summed E-state index contributed by atoms with van der Waals surface area (Å²) in [4.78, 5) is 46.6. The van der Waals surface area contributed by atoms with E-state index in [9.17, 15) is 14.4 Å². The standard InChI is InChI=1S/C36H47N3O7/c1-8-10-11-12-26-27-16-23(27)17-30(26)46-35(42)38-31(36(3,4)5)33(40)39-20-25(19-29(39)34(41)44-7)45-32-21(9-2)15-22-13-14-24(43-6)18-28(22)37-32/h8-9,13-15,18,23,25-27,29-31H,1-2,10-12,16-17,19-20H2,3-7H3,(H,38,42)/t23-,25+,26+,27-,29-,30+,31+/m0/s1. The number of unbranched alkanes of at least 4 members (excludes halogenated alkanes) is 1. The number of rotatable bonds is 12. The molecule has 1 aromatic carbocycles. The van der Waals surface area contributed by atoms with Crippen molar-refractivity contribution in [2.24, 2.45) is 23.2 Å². The van der Waals surface area contributed by atoms with Gasteiger partial charge < -0.3 is 29.2 Å². The summed E-state index contributed by atoms with van der Waals surface area (Å²) < 4.78 is 22.8. The number of likely N-dealkylation sites (tertiary alicyclic amines) is 1. The number of nitrogens with one attached hydrogen (secondary N) is 1. The van der Waals surface area contributed by atoms with E-state index in [4.69, 9.17) is 23.9 Å². The van der Waals surface area contributed by atoms with Gasteiger partial charge in [0.1, 0.15) is 30.0 Å². The van der Waals surface area contributed by atoms with Crippen LogP contribution >= 0.6 is 0 Å². The van der Waals surface area contributed by atoms with Crippen LogP contribution in [0.1, 0.15) is 64.9 Å². The summed E-state index contributed by atoms with van der Waals surface area (Å²) in [6.45, 7) is 13.5. The number of ether oxygens (including phenoxy) is 4. The van der Waals surface area contributed by atoms with Crippen LogP contribution in [0.25, 0.3) is 17.0 Å². The van der Waals surface area contributed by atoms with Crippen LogP contribution in [-0.2, 0) is 19.1 Å². The minimum absolute atomic E-state index is 0.105. The largest absolute Gasteiger partial charge is 0.497 e. The maximum Gasteiger partial charge on any atom is 0.408 e. The molecule has 2 saturated carbocycles. The predicted molar refractivity (Wildman–Crippen MR) is 175 cm³/mol. The normalized spacial score (nSPS) is 25.7. The molecule has 2 aromatic rings. The highest BCUT2D eigenvalue weighted by molar-refractivity contribution is 5.91. The number of methoxy groups -OCH3 is 2. The summed E-state index contributed by atoms with van der Waals surface area (Å²) in [5, 5.41) is 3.76. The number of nitrogens with zero attached hydrogens (tertiary/aromatic N) is 2. The number of amides is 2. The van der Waals surface area contributed by atoms with E-state index >= 15 is 0 Å². The van der Waals surface area contributed by atoms with Crippen LogP contribution in [0.4, 0.5) is 4.79 Å². The lowest BCUT2D eigenvalue weighted by atomic mass is 9.85. The van der Waals surface area contributed by atoms with E-state index in [0.717, 1.165) is 31.1 Å². The van der Waals surface area contributed by atoms with Gasteiger partial charge in [-0.1, -0.05) is 39.5 Å². The zero-order valence-corrected chi connectivity index (χ0v) is 27.6. The number of hydrogen-bond acceptors (Lipinski definition) is 8. The Kier molecular flexibility index (Phi) is 9.93. The Morgan fingerprint density at radius 3 is 2.59 bits per heavy atom. The Bertz CT molecular complexity index is 1480. The number of carbonyl (C=O) groups is 3. The van der Waals surface area contributed by atoms with E-state index in [1.807, 2.05) is 51.1 Å². The summed E-state index contributed by atoms with van der Waals surface area (Å²) >= 11 is 0. The number of aromatic nitrogens is 1. The smallest absolute Gasteiger partial charge is 0.408 e. The first-order valence-corrected chi connectivity index (χ1v) is 16.2. The highest BCUT2D eigenvalue weighted by Gasteiger charge is 2.54. The van der Waals surface area contributed by atoms with E-state index in [1.54, 1.807) is 13.2 Å². The first-order chi connectivity index (χ1) is 22.0. The third-order valence-electron chi connectivity index (χ3n) is 9.65. The molecule has 7 atom stereocenters. The summed E-state index contributed by atoms with van der Waals surface area (Å²) in [6, 6.07) is 5.65. The minimum atomic E-state index is -0.948. The van der Waals surface area contributed by atoms with Gasteiger partial charge in [0.25, 0.3) is 0 Å². The first-order valence-electron chi connectivity index (χ1n) is 16.2. The van der Waals surface area contributed by atoms with Crippen LogP contribution in [0.5, 0.6) is 11.6 Å².